The summed E-state index contributed by atoms with van der Waals surface area (Å²) in [5.74, 6) is -0.404. The van der Waals surface area contributed by atoms with Crippen LogP contribution in [0.25, 0.3) is 6.08 Å². The molecule has 1 aromatic heterocycles. The molecule has 0 aliphatic carbocycles. The van der Waals surface area contributed by atoms with Crippen molar-refractivity contribution in [2.24, 2.45) is 0 Å². The van der Waals surface area contributed by atoms with Crippen LogP contribution in [0.3, 0.4) is 0 Å². The lowest BCUT2D eigenvalue weighted by atomic mass is 10.1. The molecule has 1 heterocycles. The number of aromatic nitrogens is 3. The second kappa shape index (κ2) is 8.06. The van der Waals surface area contributed by atoms with Crippen molar-refractivity contribution in [1.29, 1.82) is 0 Å². The fraction of sp³-hybridized carbons (Fsp3) is 0.150. The second-order valence-electron chi connectivity index (χ2n) is 5.76. The summed E-state index contributed by atoms with van der Waals surface area (Å²) in [5, 5.41) is 8.09. The highest BCUT2D eigenvalue weighted by Gasteiger charge is 2.02. The summed E-state index contributed by atoms with van der Waals surface area (Å²) in [5.41, 5.74) is 3.86. The Kier molecular flexibility index (Phi) is 5.36. The fourth-order valence-electron chi connectivity index (χ4n) is 2.40. The highest BCUT2D eigenvalue weighted by atomic mass is 16.5. The molecule has 0 N–H and O–H groups in total. The molecular weight excluding hydrogens is 314 g/mol. The minimum absolute atomic E-state index is 0.256. The van der Waals surface area contributed by atoms with Gasteiger partial charge in [-0.2, -0.15) is 0 Å². The van der Waals surface area contributed by atoms with E-state index in [0.29, 0.717) is 12.2 Å². The molecule has 0 spiro atoms. The molecular formula is C20H19N3O2. The third kappa shape index (κ3) is 5.14. The highest BCUT2D eigenvalue weighted by molar-refractivity contribution is 5.86. The number of aryl methyl sites for hydroxylation is 1. The van der Waals surface area contributed by atoms with Gasteiger partial charge in [0.15, 0.2) is 0 Å². The summed E-state index contributed by atoms with van der Waals surface area (Å²) in [6.07, 6.45) is 4.76. The summed E-state index contributed by atoms with van der Waals surface area (Å²) < 4.78 is 6.96. The van der Waals surface area contributed by atoms with Gasteiger partial charge in [0.25, 0.3) is 0 Å². The van der Waals surface area contributed by atoms with E-state index in [0.717, 1.165) is 16.7 Å². The molecule has 0 atom stereocenters. The lowest BCUT2D eigenvalue weighted by molar-refractivity contribution is -0.138. The molecule has 0 radical (unpaired) electrons. The fourth-order valence-corrected chi connectivity index (χ4v) is 2.40. The number of esters is 1. The Morgan fingerprint density at radius 3 is 2.72 bits per heavy atom. The van der Waals surface area contributed by atoms with Crippen molar-refractivity contribution in [3.63, 3.8) is 0 Å². The Morgan fingerprint density at radius 2 is 1.92 bits per heavy atom. The highest BCUT2D eigenvalue weighted by Crippen LogP contribution is 2.06. The molecule has 0 saturated heterocycles. The van der Waals surface area contributed by atoms with E-state index < -0.39 is 5.97 Å². The maximum absolute atomic E-state index is 11.8. The monoisotopic (exact) mass is 333 g/mol. The number of nitrogens with zero attached hydrogens (tertiary/aromatic N) is 3. The van der Waals surface area contributed by atoms with Gasteiger partial charge < -0.3 is 4.74 Å². The van der Waals surface area contributed by atoms with Crippen molar-refractivity contribution in [3.05, 3.63) is 89.3 Å². The van der Waals surface area contributed by atoms with E-state index in [1.165, 1.54) is 6.08 Å². The summed E-state index contributed by atoms with van der Waals surface area (Å²) in [7, 11) is 0. The zero-order chi connectivity index (χ0) is 17.5. The van der Waals surface area contributed by atoms with E-state index >= 15 is 0 Å². The average molecular weight is 333 g/mol. The van der Waals surface area contributed by atoms with E-state index in [1.807, 2.05) is 61.5 Å². The van der Waals surface area contributed by atoms with Crippen LogP contribution >= 0.6 is 0 Å². The number of benzene rings is 2. The normalized spacial score (nSPS) is 10.9. The molecule has 3 rings (SSSR count). The number of carbonyl (C=O) groups is 1. The van der Waals surface area contributed by atoms with E-state index in [2.05, 4.69) is 10.3 Å². The molecule has 2 aromatic carbocycles. The summed E-state index contributed by atoms with van der Waals surface area (Å²) >= 11 is 0. The first kappa shape index (κ1) is 16.6. The maximum atomic E-state index is 11.8. The van der Waals surface area contributed by atoms with Crippen LogP contribution in [-0.4, -0.2) is 21.0 Å². The van der Waals surface area contributed by atoms with Crippen LogP contribution in [0.1, 0.15) is 22.4 Å². The number of hydrogen-bond donors (Lipinski definition) is 0. The van der Waals surface area contributed by atoms with Crippen LogP contribution in [0.4, 0.5) is 0 Å². The van der Waals surface area contributed by atoms with Crippen molar-refractivity contribution in [1.82, 2.24) is 15.0 Å². The molecule has 0 saturated carbocycles. The van der Waals surface area contributed by atoms with E-state index in [9.17, 15) is 4.79 Å². The van der Waals surface area contributed by atoms with Gasteiger partial charge in [0.2, 0.25) is 0 Å². The van der Waals surface area contributed by atoms with Crippen LogP contribution in [0, 0.1) is 6.92 Å². The number of ether oxygens (including phenoxy) is 1. The van der Waals surface area contributed by atoms with Crippen molar-refractivity contribution >= 4 is 12.0 Å². The molecule has 126 valence electrons. The van der Waals surface area contributed by atoms with Crippen LogP contribution < -0.4 is 0 Å². The molecule has 5 heteroatoms. The molecule has 25 heavy (non-hydrogen) atoms. The van der Waals surface area contributed by atoms with Crippen molar-refractivity contribution in [2.45, 2.75) is 20.1 Å². The third-order valence-electron chi connectivity index (χ3n) is 3.60. The van der Waals surface area contributed by atoms with Gasteiger partial charge in [0.1, 0.15) is 12.3 Å². The van der Waals surface area contributed by atoms with Crippen LogP contribution in [-0.2, 0) is 22.7 Å². The Balaban J connectivity index is 1.52. The van der Waals surface area contributed by atoms with Gasteiger partial charge in [0.05, 0.1) is 12.7 Å². The van der Waals surface area contributed by atoms with Crippen LogP contribution in [0.15, 0.2) is 66.9 Å². The molecule has 0 unspecified atom stereocenters. The average Bonchev–Trinajstić information content (AvgIpc) is 3.06. The zero-order valence-electron chi connectivity index (χ0n) is 14.0. The second-order valence-corrected chi connectivity index (χ2v) is 5.76. The minimum Gasteiger partial charge on any atom is -0.458 e. The molecule has 0 aliphatic heterocycles. The van der Waals surface area contributed by atoms with Gasteiger partial charge in [-0.25, -0.2) is 9.48 Å². The minimum atomic E-state index is -0.404. The number of hydrogen-bond acceptors (Lipinski definition) is 4. The summed E-state index contributed by atoms with van der Waals surface area (Å²) in [6, 6.07) is 17.9. The summed E-state index contributed by atoms with van der Waals surface area (Å²) in [6.45, 7) is 2.90. The Labute approximate surface area is 146 Å². The lowest BCUT2D eigenvalue weighted by Crippen LogP contribution is -2.00. The largest absolute Gasteiger partial charge is 0.458 e. The van der Waals surface area contributed by atoms with E-state index in [1.54, 1.807) is 17.0 Å². The zero-order valence-corrected chi connectivity index (χ0v) is 14.0. The van der Waals surface area contributed by atoms with Gasteiger partial charge in [0, 0.05) is 6.08 Å². The molecule has 5 nitrogen and oxygen atoms in total. The topological polar surface area (TPSA) is 57.0 Å². The predicted molar refractivity (Wildman–Crippen MR) is 95.6 cm³/mol. The Morgan fingerprint density at radius 1 is 1.12 bits per heavy atom. The SMILES string of the molecule is Cc1cccc(COC(=O)/C=C/c2cn(Cc3ccccc3)nn2)c1. The first-order valence-electron chi connectivity index (χ1n) is 8.03. The molecule has 3 aromatic rings. The van der Waals surface area contributed by atoms with E-state index in [-0.39, 0.29) is 6.61 Å². The molecule has 0 bridgehead atoms. The molecule has 0 amide bonds. The van der Waals surface area contributed by atoms with Gasteiger partial charge in [-0.1, -0.05) is 65.4 Å². The van der Waals surface area contributed by atoms with Crippen molar-refractivity contribution < 1.29 is 9.53 Å². The molecule has 0 fully saturated rings. The lowest BCUT2D eigenvalue weighted by Gasteiger charge is -2.02. The quantitative estimate of drug-likeness (QED) is 0.512. The number of carbonyl (C=O) groups excluding carboxylic acids is 1. The predicted octanol–water partition coefficient (Wildman–Crippen LogP) is 3.39. The van der Waals surface area contributed by atoms with Crippen molar-refractivity contribution in [3.8, 4) is 0 Å². The van der Waals surface area contributed by atoms with Gasteiger partial charge >= 0.3 is 5.97 Å². The molecule has 0 aliphatic rings. The third-order valence-corrected chi connectivity index (χ3v) is 3.60. The van der Waals surface area contributed by atoms with Crippen LogP contribution in [0.5, 0.6) is 0 Å². The first-order valence-corrected chi connectivity index (χ1v) is 8.03. The number of rotatable bonds is 6. The van der Waals surface area contributed by atoms with Gasteiger partial charge in [-0.05, 0) is 24.1 Å². The summed E-state index contributed by atoms with van der Waals surface area (Å²) in [4.78, 5) is 11.8. The first-order chi connectivity index (χ1) is 12.2. The standard InChI is InChI=1S/C20H19N3O2/c1-16-6-5-9-18(12-16)15-25-20(24)11-10-19-14-23(22-21-19)13-17-7-3-2-4-8-17/h2-12,14H,13,15H2,1H3/b11-10+. The maximum Gasteiger partial charge on any atom is 0.331 e. The van der Waals surface area contributed by atoms with E-state index in [4.69, 9.17) is 4.74 Å². The smallest absolute Gasteiger partial charge is 0.331 e. The van der Waals surface area contributed by atoms with Crippen molar-refractivity contribution in [2.75, 3.05) is 0 Å². The van der Waals surface area contributed by atoms with Crippen LogP contribution in [0.2, 0.25) is 0 Å². The Hall–Kier alpha value is -3.21. The Bertz CT molecular complexity index is 869. The van der Waals surface area contributed by atoms with Gasteiger partial charge in [-0.3, -0.25) is 0 Å². The van der Waals surface area contributed by atoms with Gasteiger partial charge in [-0.15, -0.1) is 5.10 Å².